The molecule has 1 aromatic carbocycles. The summed E-state index contributed by atoms with van der Waals surface area (Å²) < 4.78 is 32.1. The summed E-state index contributed by atoms with van der Waals surface area (Å²) in [6.07, 6.45) is -0.253. The molecule has 24 heavy (non-hydrogen) atoms. The molecule has 7 heteroatoms. The van der Waals surface area contributed by atoms with Gasteiger partial charge >= 0.3 is 0 Å². The van der Waals surface area contributed by atoms with Gasteiger partial charge in [-0.3, -0.25) is 9.59 Å². The molecule has 0 radical (unpaired) electrons. The molecule has 0 saturated carbocycles. The van der Waals surface area contributed by atoms with Crippen LogP contribution in [-0.4, -0.2) is 54.4 Å². The standard InChI is InChI=1S/C17H20F2N2O3/c1-2-20-9-12(8-16(20)22)17(23)21-5-6-24-15(10-21)11-3-4-13(18)14(19)7-11/h3-4,7,12,15H,2,5-6,8-10H2,1H3/t12-,15+/m1/s1. The van der Waals surface area contributed by atoms with E-state index in [9.17, 15) is 18.4 Å². The minimum atomic E-state index is -0.931. The highest BCUT2D eigenvalue weighted by Crippen LogP contribution is 2.26. The Labute approximate surface area is 139 Å². The van der Waals surface area contributed by atoms with Crippen molar-refractivity contribution in [2.75, 3.05) is 32.8 Å². The van der Waals surface area contributed by atoms with Gasteiger partial charge < -0.3 is 14.5 Å². The fraction of sp³-hybridized carbons (Fsp3) is 0.529. The van der Waals surface area contributed by atoms with Crippen LogP contribution in [0.4, 0.5) is 8.78 Å². The Balaban J connectivity index is 1.68. The van der Waals surface area contributed by atoms with Crippen molar-refractivity contribution in [1.82, 2.24) is 9.80 Å². The number of rotatable bonds is 3. The van der Waals surface area contributed by atoms with Crippen molar-refractivity contribution in [3.8, 4) is 0 Å². The lowest BCUT2D eigenvalue weighted by Crippen LogP contribution is -2.45. The number of morpholine rings is 1. The number of hydrogen-bond donors (Lipinski definition) is 0. The van der Waals surface area contributed by atoms with Crippen LogP contribution < -0.4 is 0 Å². The van der Waals surface area contributed by atoms with Crippen molar-refractivity contribution >= 4 is 11.8 Å². The first-order valence-electron chi connectivity index (χ1n) is 8.12. The molecule has 3 rings (SSSR count). The summed E-state index contributed by atoms with van der Waals surface area (Å²) in [5.41, 5.74) is 0.504. The monoisotopic (exact) mass is 338 g/mol. The van der Waals surface area contributed by atoms with E-state index in [0.29, 0.717) is 31.8 Å². The molecule has 5 nitrogen and oxygen atoms in total. The lowest BCUT2D eigenvalue weighted by Gasteiger charge is -2.34. The Hall–Kier alpha value is -2.02. The number of ether oxygens (including phenoxy) is 1. The van der Waals surface area contributed by atoms with Gasteiger partial charge in [0.15, 0.2) is 11.6 Å². The number of carbonyl (C=O) groups is 2. The fourth-order valence-corrected chi connectivity index (χ4v) is 3.27. The van der Waals surface area contributed by atoms with Crippen LogP contribution in [-0.2, 0) is 14.3 Å². The highest BCUT2D eigenvalue weighted by Gasteiger charge is 2.37. The molecule has 0 unspecified atom stereocenters. The number of halogens is 2. The molecule has 2 heterocycles. The maximum absolute atomic E-state index is 13.4. The zero-order chi connectivity index (χ0) is 17.3. The second-order valence-electron chi connectivity index (χ2n) is 6.15. The molecular weight excluding hydrogens is 318 g/mol. The molecule has 2 amide bonds. The summed E-state index contributed by atoms with van der Waals surface area (Å²) in [7, 11) is 0. The molecule has 0 N–H and O–H groups in total. The van der Waals surface area contributed by atoms with E-state index in [1.54, 1.807) is 9.80 Å². The Morgan fingerprint density at radius 1 is 1.29 bits per heavy atom. The smallest absolute Gasteiger partial charge is 0.228 e. The van der Waals surface area contributed by atoms with E-state index < -0.39 is 17.7 Å². The van der Waals surface area contributed by atoms with Crippen LogP contribution in [0.1, 0.15) is 25.0 Å². The van der Waals surface area contributed by atoms with Gasteiger partial charge in [0.2, 0.25) is 11.8 Å². The maximum atomic E-state index is 13.4. The van der Waals surface area contributed by atoms with Crippen LogP contribution in [0.2, 0.25) is 0 Å². The molecule has 1 aromatic rings. The molecule has 2 atom stereocenters. The molecule has 0 aliphatic carbocycles. The minimum Gasteiger partial charge on any atom is -0.370 e. The van der Waals surface area contributed by atoms with Gasteiger partial charge in [-0.25, -0.2) is 8.78 Å². The van der Waals surface area contributed by atoms with E-state index in [-0.39, 0.29) is 30.7 Å². The lowest BCUT2D eigenvalue weighted by atomic mass is 10.0. The predicted molar refractivity (Wildman–Crippen MR) is 82.0 cm³/mol. The van der Waals surface area contributed by atoms with Crippen LogP contribution in [0, 0.1) is 17.6 Å². The third-order valence-corrected chi connectivity index (χ3v) is 4.64. The minimum absolute atomic E-state index is 0.00117. The zero-order valence-corrected chi connectivity index (χ0v) is 13.5. The number of likely N-dealkylation sites (tertiary alicyclic amines) is 1. The number of benzene rings is 1. The van der Waals surface area contributed by atoms with Gasteiger partial charge in [-0.1, -0.05) is 6.07 Å². The summed E-state index contributed by atoms with van der Waals surface area (Å²) in [6, 6.07) is 3.63. The van der Waals surface area contributed by atoms with Gasteiger partial charge in [0.1, 0.15) is 6.10 Å². The third kappa shape index (κ3) is 3.26. The number of amides is 2. The van der Waals surface area contributed by atoms with E-state index in [1.165, 1.54) is 6.07 Å². The van der Waals surface area contributed by atoms with Crippen molar-refractivity contribution in [3.05, 3.63) is 35.4 Å². The molecule has 0 bridgehead atoms. The summed E-state index contributed by atoms with van der Waals surface area (Å²) in [6.45, 7) is 3.98. The van der Waals surface area contributed by atoms with Crippen LogP contribution in [0.25, 0.3) is 0 Å². The van der Waals surface area contributed by atoms with Crippen LogP contribution in [0.15, 0.2) is 18.2 Å². The molecule has 2 fully saturated rings. The van der Waals surface area contributed by atoms with Crippen molar-refractivity contribution in [2.45, 2.75) is 19.4 Å². The molecule has 2 aliphatic heterocycles. The van der Waals surface area contributed by atoms with Crippen molar-refractivity contribution < 1.29 is 23.1 Å². The topological polar surface area (TPSA) is 49.9 Å². The van der Waals surface area contributed by atoms with Crippen LogP contribution in [0.3, 0.4) is 0 Å². The second kappa shape index (κ2) is 6.84. The number of hydrogen-bond acceptors (Lipinski definition) is 3. The summed E-state index contributed by atoms with van der Waals surface area (Å²) >= 11 is 0. The first-order valence-corrected chi connectivity index (χ1v) is 8.12. The molecule has 2 saturated heterocycles. The van der Waals surface area contributed by atoms with Crippen molar-refractivity contribution in [1.29, 1.82) is 0 Å². The number of carbonyl (C=O) groups excluding carboxylic acids is 2. The molecule has 0 spiro atoms. The largest absolute Gasteiger partial charge is 0.370 e. The molecule has 2 aliphatic rings. The van der Waals surface area contributed by atoms with Gasteiger partial charge in [-0.05, 0) is 24.6 Å². The summed E-state index contributed by atoms with van der Waals surface area (Å²) in [5.74, 6) is -2.25. The third-order valence-electron chi connectivity index (χ3n) is 4.64. The van der Waals surface area contributed by atoms with Crippen LogP contribution >= 0.6 is 0 Å². The maximum Gasteiger partial charge on any atom is 0.228 e. The van der Waals surface area contributed by atoms with Crippen molar-refractivity contribution in [2.24, 2.45) is 5.92 Å². The molecular formula is C17H20F2N2O3. The van der Waals surface area contributed by atoms with E-state index in [0.717, 1.165) is 12.1 Å². The van der Waals surface area contributed by atoms with E-state index >= 15 is 0 Å². The fourth-order valence-electron chi connectivity index (χ4n) is 3.27. The van der Waals surface area contributed by atoms with Gasteiger partial charge in [-0.2, -0.15) is 0 Å². The normalized spacial score (nSPS) is 24.5. The summed E-state index contributed by atoms with van der Waals surface area (Å²) in [4.78, 5) is 27.8. The first-order chi connectivity index (χ1) is 11.5. The Bertz CT molecular complexity index is 653. The Kier molecular flexibility index (Phi) is 4.80. The summed E-state index contributed by atoms with van der Waals surface area (Å²) in [5, 5.41) is 0. The van der Waals surface area contributed by atoms with Gasteiger partial charge in [0.25, 0.3) is 0 Å². The predicted octanol–water partition coefficient (Wildman–Crippen LogP) is 1.73. The quantitative estimate of drug-likeness (QED) is 0.843. The first kappa shape index (κ1) is 16.8. The van der Waals surface area contributed by atoms with Gasteiger partial charge in [-0.15, -0.1) is 0 Å². The zero-order valence-electron chi connectivity index (χ0n) is 13.5. The Morgan fingerprint density at radius 3 is 2.75 bits per heavy atom. The highest BCUT2D eigenvalue weighted by molar-refractivity contribution is 5.89. The molecule has 0 aromatic heterocycles. The Morgan fingerprint density at radius 2 is 2.08 bits per heavy atom. The van der Waals surface area contributed by atoms with E-state index in [2.05, 4.69) is 0 Å². The van der Waals surface area contributed by atoms with E-state index in [1.807, 2.05) is 6.92 Å². The number of nitrogens with zero attached hydrogens (tertiary/aromatic N) is 2. The second-order valence-corrected chi connectivity index (χ2v) is 6.15. The lowest BCUT2D eigenvalue weighted by molar-refractivity contribution is -0.143. The van der Waals surface area contributed by atoms with Gasteiger partial charge in [0, 0.05) is 26.1 Å². The SMILES string of the molecule is CCN1C[C@H](C(=O)N2CCO[C@H](c3ccc(F)c(F)c3)C2)CC1=O. The van der Waals surface area contributed by atoms with E-state index in [4.69, 9.17) is 4.74 Å². The highest BCUT2D eigenvalue weighted by atomic mass is 19.2. The average molecular weight is 338 g/mol. The van der Waals surface area contributed by atoms with Crippen LogP contribution in [0.5, 0.6) is 0 Å². The van der Waals surface area contributed by atoms with Gasteiger partial charge in [0.05, 0.1) is 19.1 Å². The average Bonchev–Trinajstić information content (AvgIpc) is 2.97. The van der Waals surface area contributed by atoms with Crippen molar-refractivity contribution in [3.63, 3.8) is 0 Å². The molecule has 130 valence electrons.